The molecular weight excluding hydrogens is 262 g/mol. The Morgan fingerprint density at radius 3 is 2.67 bits per heavy atom. The summed E-state index contributed by atoms with van der Waals surface area (Å²) in [5.74, 6) is 2.29. The van der Waals surface area contributed by atoms with E-state index in [2.05, 4.69) is 13.8 Å². The van der Waals surface area contributed by atoms with E-state index in [1.54, 1.807) is 0 Å². The van der Waals surface area contributed by atoms with Crippen molar-refractivity contribution in [1.29, 1.82) is 0 Å². The second-order valence-electron chi connectivity index (χ2n) is 8.56. The molecule has 6 atom stereocenters. The van der Waals surface area contributed by atoms with E-state index in [1.165, 1.54) is 18.4 Å². The van der Waals surface area contributed by atoms with Gasteiger partial charge >= 0.3 is 0 Å². The summed E-state index contributed by atoms with van der Waals surface area (Å²) in [5, 5.41) is 0. The van der Waals surface area contributed by atoms with Crippen LogP contribution in [0.4, 0.5) is 4.39 Å². The van der Waals surface area contributed by atoms with Gasteiger partial charge in [-0.2, -0.15) is 0 Å². The van der Waals surface area contributed by atoms with Crippen molar-refractivity contribution in [2.75, 3.05) is 0 Å². The van der Waals surface area contributed by atoms with E-state index >= 15 is 0 Å². The Labute approximate surface area is 127 Å². The van der Waals surface area contributed by atoms with Crippen molar-refractivity contribution in [3.63, 3.8) is 0 Å². The van der Waals surface area contributed by atoms with Gasteiger partial charge in [0.2, 0.25) is 0 Å². The molecule has 3 saturated carbocycles. The molecule has 0 aromatic carbocycles. The molecule has 4 rings (SSSR count). The number of ketones is 1. The zero-order valence-electron chi connectivity index (χ0n) is 13.3. The first kappa shape index (κ1) is 14.0. The summed E-state index contributed by atoms with van der Waals surface area (Å²) in [6.45, 7) is 4.61. The first-order chi connectivity index (χ1) is 9.95. The summed E-state index contributed by atoms with van der Waals surface area (Å²) in [4.78, 5) is 11.8. The van der Waals surface area contributed by atoms with E-state index in [-0.39, 0.29) is 10.8 Å². The molecule has 4 aliphatic rings. The maximum absolute atomic E-state index is 14.4. The lowest BCUT2D eigenvalue weighted by Crippen LogP contribution is -2.50. The van der Waals surface area contributed by atoms with Gasteiger partial charge in [-0.05, 0) is 74.2 Å². The average Bonchev–Trinajstić information content (AvgIpc) is 2.76. The number of carbonyl (C=O) groups is 1. The molecule has 0 saturated heterocycles. The smallest absolute Gasteiger partial charge is 0.155 e. The molecule has 3 fully saturated rings. The third-order valence-electron chi connectivity index (χ3n) is 7.85. The fraction of sp³-hybridized carbons (Fsp3) is 0.842. The first-order valence-corrected chi connectivity index (χ1v) is 8.83. The Morgan fingerprint density at radius 1 is 1.05 bits per heavy atom. The second-order valence-corrected chi connectivity index (χ2v) is 8.56. The van der Waals surface area contributed by atoms with Crippen molar-refractivity contribution in [2.45, 2.75) is 71.4 Å². The summed E-state index contributed by atoms with van der Waals surface area (Å²) in [5.41, 5.74) is 1.59. The zero-order valence-corrected chi connectivity index (χ0v) is 13.3. The van der Waals surface area contributed by atoms with Crippen molar-refractivity contribution in [3.05, 3.63) is 11.6 Å². The van der Waals surface area contributed by atoms with Crippen molar-refractivity contribution < 1.29 is 9.18 Å². The highest BCUT2D eigenvalue weighted by atomic mass is 18.2. The lowest BCUT2D eigenvalue weighted by atomic mass is 9.47. The van der Waals surface area contributed by atoms with Crippen LogP contribution in [0.5, 0.6) is 0 Å². The van der Waals surface area contributed by atoms with Crippen molar-refractivity contribution in [3.8, 4) is 0 Å². The lowest BCUT2D eigenvalue weighted by Gasteiger charge is -2.57. The number of alkyl halides is 1. The Kier molecular flexibility index (Phi) is 2.94. The summed E-state index contributed by atoms with van der Waals surface area (Å²) in [6.07, 6.45) is 9.48. The van der Waals surface area contributed by atoms with Crippen LogP contribution in [0.3, 0.4) is 0 Å². The maximum atomic E-state index is 14.4. The molecule has 1 nitrogen and oxygen atoms in total. The van der Waals surface area contributed by atoms with Crippen LogP contribution in [-0.4, -0.2) is 12.0 Å². The van der Waals surface area contributed by atoms with Gasteiger partial charge in [0.25, 0.3) is 0 Å². The molecule has 0 aromatic rings. The van der Waals surface area contributed by atoms with E-state index in [0.717, 1.165) is 38.5 Å². The van der Waals surface area contributed by atoms with Crippen LogP contribution in [0.1, 0.15) is 65.2 Å². The van der Waals surface area contributed by atoms with E-state index in [4.69, 9.17) is 0 Å². The summed E-state index contributed by atoms with van der Waals surface area (Å²) in [7, 11) is 0. The van der Waals surface area contributed by atoms with Crippen LogP contribution in [0.25, 0.3) is 0 Å². The van der Waals surface area contributed by atoms with Crippen LogP contribution in [0.2, 0.25) is 0 Å². The van der Waals surface area contributed by atoms with Crippen LogP contribution in [0, 0.1) is 28.6 Å². The molecule has 0 aliphatic heterocycles. The highest BCUT2D eigenvalue weighted by Gasteiger charge is 2.59. The average molecular weight is 289 g/mol. The predicted octanol–water partition coefficient (Wildman–Crippen LogP) is 4.86. The van der Waals surface area contributed by atoms with Crippen molar-refractivity contribution in [1.82, 2.24) is 0 Å². The van der Waals surface area contributed by atoms with Gasteiger partial charge in [0.05, 0.1) is 0 Å². The Hall–Kier alpha value is -0.660. The minimum atomic E-state index is -0.582. The highest BCUT2D eigenvalue weighted by Crippen LogP contribution is 2.65. The third-order valence-corrected chi connectivity index (χ3v) is 7.85. The van der Waals surface area contributed by atoms with Gasteiger partial charge in [-0.1, -0.05) is 19.4 Å². The van der Waals surface area contributed by atoms with E-state index in [0.29, 0.717) is 23.5 Å². The van der Waals surface area contributed by atoms with Gasteiger partial charge in [-0.15, -0.1) is 0 Å². The van der Waals surface area contributed by atoms with E-state index in [1.807, 2.05) is 6.08 Å². The number of hydrogen-bond donors (Lipinski definition) is 0. The SMILES string of the molecule is C[C@]12CC[C@H]3[C@@H](CCC4=CC(=O)CC[C@@]43C)[C@@H]1CC[C@H]2[18F]. The number of carbonyl (C=O) groups excluding carboxylic acids is 1. The fourth-order valence-corrected chi connectivity index (χ4v) is 6.50. The quantitative estimate of drug-likeness (QED) is 0.622. The molecule has 0 spiro atoms. The molecule has 0 N–H and O–H groups in total. The van der Waals surface area contributed by atoms with Crippen molar-refractivity contribution in [2.24, 2.45) is 28.6 Å². The molecule has 116 valence electrons. The fourth-order valence-electron chi connectivity index (χ4n) is 6.50. The molecule has 0 radical (unpaired) electrons. The number of allylic oxidation sites excluding steroid dienone is 1. The second kappa shape index (κ2) is 4.43. The standard InChI is InChI=1S/C19H27FO/c1-18-9-7-13(21)11-12(18)3-4-14-15-5-6-17(20)19(15,2)10-8-16(14)18/h11,14-17H,3-10H2,1-2H3/t14-,15-,16-,17+,18-,19-/m0/s1/i20-1. The Balaban J connectivity index is 1.69. The van der Waals surface area contributed by atoms with Gasteiger partial charge < -0.3 is 0 Å². The maximum Gasteiger partial charge on any atom is 0.155 e. The molecular formula is C19H27FO. The van der Waals surface area contributed by atoms with Gasteiger partial charge in [0, 0.05) is 11.8 Å². The van der Waals surface area contributed by atoms with Crippen molar-refractivity contribution >= 4 is 5.78 Å². The first-order valence-electron chi connectivity index (χ1n) is 8.83. The summed E-state index contributed by atoms with van der Waals surface area (Å²) < 4.78 is 14.4. The Morgan fingerprint density at radius 2 is 1.86 bits per heavy atom. The zero-order chi connectivity index (χ0) is 14.8. The van der Waals surface area contributed by atoms with Gasteiger partial charge in [-0.3, -0.25) is 4.79 Å². The number of fused-ring (bicyclic) bond motifs is 5. The topological polar surface area (TPSA) is 17.1 Å². The molecule has 0 aromatic heterocycles. The molecule has 2 heteroatoms. The molecule has 0 bridgehead atoms. The third kappa shape index (κ3) is 1.77. The largest absolute Gasteiger partial charge is 0.295 e. The van der Waals surface area contributed by atoms with Gasteiger partial charge in [0.1, 0.15) is 6.17 Å². The van der Waals surface area contributed by atoms with E-state index < -0.39 is 6.17 Å². The van der Waals surface area contributed by atoms with Crippen LogP contribution in [0.15, 0.2) is 11.6 Å². The number of hydrogen-bond acceptors (Lipinski definition) is 1. The number of rotatable bonds is 0. The van der Waals surface area contributed by atoms with E-state index in [9.17, 15) is 9.18 Å². The molecule has 0 unspecified atom stereocenters. The normalized spacial score (nSPS) is 52.7. The number of halogens is 1. The van der Waals surface area contributed by atoms with Gasteiger partial charge in [-0.25, -0.2) is 4.39 Å². The lowest BCUT2D eigenvalue weighted by molar-refractivity contribution is -0.117. The molecule has 0 amide bonds. The monoisotopic (exact) mass is 289 g/mol. The minimum absolute atomic E-state index is 0.0524. The molecule has 4 aliphatic carbocycles. The minimum Gasteiger partial charge on any atom is -0.295 e. The summed E-state index contributed by atoms with van der Waals surface area (Å²) >= 11 is 0. The Bertz CT molecular complexity index is 510. The predicted molar refractivity (Wildman–Crippen MR) is 81.6 cm³/mol. The van der Waals surface area contributed by atoms with Crippen LogP contribution >= 0.6 is 0 Å². The molecule has 0 heterocycles. The highest BCUT2D eigenvalue weighted by molar-refractivity contribution is 5.91. The summed E-state index contributed by atoms with van der Waals surface area (Å²) in [6, 6.07) is 0. The molecule has 21 heavy (non-hydrogen) atoms. The van der Waals surface area contributed by atoms with Crippen LogP contribution < -0.4 is 0 Å². The van der Waals surface area contributed by atoms with Crippen LogP contribution in [-0.2, 0) is 4.79 Å². The van der Waals surface area contributed by atoms with Gasteiger partial charge in [0.15, 0.2) is 5.78 Å².